The highest BCUT2D eigenvalue weighted by Crippen LogP contribution is 2.21. The second-order valence-corrected chi connectivity index (χ2v) is 6.13. The van der Waals surface area contributed by atoms with E-state index in [9.17, 15) is 9.59 Å². The zero-order chi connectivity index (χ0) is 17.1. The van der Waals surface area contributed by atoms with Crippen LogP contribution in [0, 0.1) is 0 Å². The Bertz CT molecular complexity index is 934. The molecule has 0 spiro atoms. The summed E-state index contributed by atoms with van der Waals surface area (Å²) in [7, 11) is 0. The zero-order valence-corrected chi connectivity index (χ0v) is 14.4. The summed E-state index contributed by atoms with van der Waals surface area (Å²) >= 11 is 3.34. The standard InChI is InChI=1S/C18H14BrNO4/c1-11(18(22)20-14-6-4-13(19)5-7-14)23-15-8-2-12-3-9-17(21)24-16(12)10-15/h2-11H,1H3,(H,20,22). The highest BCUT2D eigenvalue weighted by Gasteiger charge is 2.15. The molecule has 0 aliphatic rings. The number of amides is 1. The fraction of sp³-hybridized carbons (Fsp3) is 0.111. The van der Waals surface area contributed by atoms with Gasteiger partial charge in [-0.3, -0.25) is 4.79 Å². The van der Waals surface area contributed by atoms with E-state index in [2.05, 4.69) is 21.2 Å². The normalized spacial score (nSPS) is 11.9. The molecule has 1 N–H and O–H groups in total. The van der Waals surface area contributed by atoms with Crippen LogP contribution in [0.25, 0.3) is 11.0 Å². The topological polar surface area (TPSA) is 68.5 Å². The van der Waals surface area contributed by atoms with Gasteiger partial charge in [0.1, 0.15) is 11.3 Å². The number of carbonyl (C=O) groups excluding carboxylic acids is 1. The largest absolute Gasteiger partial charge is 0.481 e. The molecule has 6 heteroatoms. The van der Waals surface area contributed by atoms with Gasteiger partial charge in [-0.15, -0.1) is 0 Å². The van der Waals surface area contributed by atoms with Gasteiger partial charge in [0.25, 0.3) is 5.91 Å². The van der Waals surface area contributed by atoms with E-state index in [-0.39, 0.29) is 5.91 Å². The van der Waals surface area contributed by atoms with Gasteiger partial charge >= 0.3 is 5.63 Å². The van der Waals surface area contributed by atoms with Crippen molar-refractivity contribution in [3.05, 3.63) is 69.5 Å². The lowest BCUT2D eigenvalue weighted by Crippen LogP contribution is -2.30. The smallest absolute Gasteiger partial charge is 0.336 e. The molecule has 1 atom stereocenters. The number of rotatable bonds is 4. The molecule has 1 aromatic heterocycles. The van der Waals surface area contributed by atoms with E-state index >= 15 is 0 Å². The van der Waals surface area contributed by atoms with Crippen molar-refractivity contribution < 1.29 is 13.9 Å². The number of benzene rings is 2. The van der Waals surface area contributed by atoms with E-state index in [1.165, 1.54) is 6.07 Å². The van der Waals surface area contributed by atoms with Crippen LogP contribution in [0.2, 0.25) is 0 Å². The Labute approximate surface area is 146 Å². The van der Waals surface area contributed by atoms with Gasteiger partial charge in [-0.25, -0.2) is 4.79 Å². The van der Waals surface area contributed by atoms with Crippen molar-refractivity contribution in [1.29, 1.82) is 0 Å². The van der Waals surface area contributed by atoms with Crippen LogP contribution in [0.5, 0.6) is 5.75 Å². The third-order valence-corrected chi connectivity index (χ3v) is 3.92. The average Bonchev–Trinajstić information content (AvgIpc) is 2.56. The number of hydrogen-bond donors (Lipinski definition) is 1. The Morgan fingerprint density at radius 1 is 1.12 bits per heavy atom. The van der Waals surface area contributed by atoms with Crippen LogP contribution in [0.1, 0.15) is 6.92 Å². The molecule has 0 bridgehead atoms. The van der Waals surface area contributed by atoms with Crippen molar-refractivity contribution in [2.24, 2.45) is 0 Å². The number of hydrogen-bond acceptors (Lipinski definition) is 4. The maximum Gasteiger partial charge on any atom is 0.336 e. The van der Waals surface area contributed by atoms with Crippen LogP contribution in [-0.4, -0.2) is 12.0 Å². The molecule has 2 aromatic carbocycles. The fourth-order valence-corrected chi connectivity index (χ4v) is 2.41. The Hall–Kier alpha value is -2.60. The molecule has 0 fully saturated rings. The summed E-state index contributed by atoms with van der Waals surface area (Å²) in [5.74, 6) is 0.183. The molecule has 5 nitrogen and oxygen atoms in total. The van der Waals surface area contributed by atoms with Crippen molar-refractivity contribution >= 4 is 38.5 Å². The Kier molecular flexibility index (Phi) is 4.66. The zero-order valence-electron chi connectivity index (χ0n) is 12.8. The monoisotopic (exact) mass is 387 g/mol. The van der Waals surface area contributed by atoms with Gasteiger partial charge in [0.05, 0.1) is 0 Å². The second-order valence-electron chi connectivity index (χ2n) is 5.21. The average molecular weight is 388 g/mol. The van der Waals surface area contributed by atoms with Gasteiger partial charge < -0.3 is 14.5 Å². The predicted molar refractivity (Wildman–Crippen MR) is 95.3 cm³/mol. The lowest BCUT2D eigenvalue weighted by atomic mass is 10.2. The predicted octanol–water partition coefficient (Wildman–Crippen LogP) is 3.96. The number of carbonyl (C=O) groups is 1. The van der Waals surface area contributed by atoms with Gasteiger partial charge in [-0.05, 0) is 49.4 Å². The first-order valence-corrected chi connectivity index (χ1v) is 8.07. The summed E-state index contributed by atoms with van der Waals surface area (Å²) in [4.78, 5) is 23.5. The van der Waals surface area contributed by atoms with E-state index in [0.29, 0.717) is 17.0 Å². The van der Waals surface area contributed by atoms with Crippen LogP contribution in [0.3, 0.4) is 0 Å². The molecule has 3 rings (SSSR count). The van der Waals surface area contributed by atoms with Crippen LogP contribution >= 0.6 is 15.9 Å². The summed E-state index contributed by atoms with van der Waals surface area (Å²) < 4.78 is 11.7. The second kappa shape index (κ2) is 6.88. The maximum atomic E-state index is 12.2. The van der Waals surface area contributed by atoms with E-state index in [1.807, 2.05) is 12.1 Å². The van der Waals surface area contributed by atoms with Crippen molar-refractivity contribution in [3.8, 4) is 5.75 Å². The molecule has 0 radical (unpaired) electrons. The summed E-state index contributed by atoms with van der Waals surface area (Å²) in [5.41, 5.74) is 0.671. The van der Waals surface area contributed by atoms with E-state index in [1.54, 1.807) is 43.3 Å². The summed E-state index contributed by atoms with van der Waals surface area (Å²) in [6.45, 7) is 1.65. The third kappa shape index (κ3) is 3.83. The lowest BCUT2D eigenvalue weighted by molar-refractivity contribution is -0.122. The molecule has 3 aromatic rings. The van der Waals surface area contributed by atoms with E-state index in [4.69, 9.17) is 9.15 Å². The molecule has 1 amide bonds. The number of ether oxygens (including phenoxy) is 1. The highest BCUT2D eigenvalue weighted by atomic mass is 79.9. The minimum atomic E-state index is -0.707. The summed E-state index contributed by atoms with van der Waals surface area (Å²) in [6, 6.07) is 15.4. The summed E-state index contributed by atoms with van der Waals surface area (Å²) in [6.07, 6.45) is -0.707. The Balaban J connectivity index is 1.71. The molecule has 0 saturated carbocycles. The van der Waals surface area contributed by atoms with Crippen molar-refractivity contribution in [2.45, 2.75) is 13.0 Å². The molecule has 24 heavy (non-hydrogen) atoms. The first-order chi connectivity index (χ1) is 11.5. The Morgan fingerprint density at radius 2 is 1.83 bits per heavy atom. The van der Waals surface area contributed by atoms with Crippen LogP contribution in [0.15, 0.2) is 68.3 Å². The van der Waals surface area contributed by atoms with Gasteiger partial charge in [-0.1, -0.05) is 15.9 Å². The minimum Gasteiger partial charge on any atom is -0.481 e. The van der Waals surface area contributed by atoms with Gasteiger partial charge in [0.2, 0.25) is 0 Å². The first kappa shape index (κ1) is 16.3. The van der Waals surface area contributed by atoms with E-state index < -0.39 is 11.7 Å². The van der Waals surface area contributed by atoms with Gasteiger partial charge in [-0.2, -0.15) is 0 Å². The highest BCUT2D eigenvalue weighted by molar-refractivity contribution is 9.10. The minimum absolute atomic E-state index is 0.271. The van der Waals surface area contributed by atoms with Crippen molar-refractivity contribution in [3.63, 3.8) is 0 Å². The molecular formula is C18H14BrNO4. The SMILES string of the molecule is CC(Oc1ccc2ccc(=O)oc2c1)C(=O)Nc1ccc(Br)cc1. The molecule has 122 valence electrons. The number of fused-ring (bicyclic) bond motifs is 1. The molecule has 0 aliphatic heterocycles. The van der Waals surface area contributed by atoms with Gasteiger partial charge in [0, 0.05) is 27.7 Å². The molecule has 0 saturated heterocycles. The molecular weight excluding hydrogens is 374 g/mol. The van der Waals surface area contributed by atoms with Crippen LogP contribution in [-0.2, 0) is 4.79 Å². The Morgan fingerprint density at radius 3 is 2.58 bits per heavy atom. The molecule has 1 unspecified atom stereocenters. The number of halogens is 1. The van der Waals surface area contributed by atoms with Crippen LogP contribution in [0.4, 0.5) is 5.69 Å². The van der Waals surface area contributed by atoms with Crippen molar-refractivity contribution in [2.75, 3.05) is 5.32 Å². The fourth-order valence-electron chi connectivity index (χ4n) is 2.15. The van der Waals surface area contributed by atoms with Gasteiger partial charge in [0.15, 0.2) is 6.10 Å². The number of nitrogens with one attached hydrogen (secondary N) is 1. The maximum absolute atomic E-state index is 12.2. The summed E-state index contributed by atoms with van der Waals surface area (Å²) in [5, 5.41) is 3.56. The lowest BCUT2D eigenvalue weighted by Gasteiger charge is -2.15. The quantitative estimate of drug-likeness (QED) is 0.687. The first-order valence-electron chi connectivity index (χ1n) is 7.28. The molecule has 0 aliphatic carbocycles. The molecule has 1 heterocycles. The third-order valence-electron chi connectivity index (χ3n) is 3.39. The number of anilines is 1. The van der Waals surface area contributed by atoms with Crippen molar-refractivity contribution in [1.82, 2.24) is 0 Å². The van der Waals surface area contributed by atoms with E-state index in [0.717, 1.165) is 9.86 Å². The van der Waals surface area contributed by atoms with Crippen LogP contribution < -0.4 is 15.7 Å².